The third kappa shape index (κ3) is 6.41. The van der Waals surface area contributed by atoms with Gasteiger partial charge in [0.15, 0.2) is 0 Å². The van der Waals surface area contributed by atoms with Gasteiger partial charge in [-0.1, -0.05) is 40.2 Å². The number of carbonyl (C=O) groups is 2. The fourth-order valence-electron chi connectivity index (χ4n) is 5.36. The van der Waals surface area contributed by atoms with Crippen molar-refractivity contribution >= 4 is 33.6 Å². The zero-order valence-electron chi connectivity index (χ0n) is 21.9. The normalized spacial score (nSPS) is 18.9. The minimum atomic E-state index is -0.577. The molecule has 0 spiro atoms. The lowest BCUT2D eigenvalue weighted by molar-refractivity contribution is -0.133. The van der Waals surface area contributed by atoms with Crippen LogP contribution in [0.5, 0.6) is 0 Å². The maximum absolute atomic E-state index is 12.9. The highest BCUT2D eigenvalue weighted by Gasteiger charge is 2.32. The van der Waals surface area contributed by atoms with Gasteiger partial charge < -0.3 is 19.4 Å². The number of anilines is 1. The molecule has 4 rings (SSSR count). The number of carbonyl (C=O) groups excluding carboxylic acids is 2. The lowest BCUT2D eigenvalue weighted by Gasteiger charge is -2.36. The second-order valence-electron chi connectivity index (χ2n) is 10.9. The molecule has 7 heteroatoms. The third-order valence-electron chi connectivity index (χ3n) is 7.13. The summed E-state index contributed by atoms with van der Waals surface area (Å²) in [6.07, 6.45) is 3.74. The zero-order chi connectivity index (χ0) is 25.9. The number of hydrogen-bond acceptors (Lipinski definition) is 4. The van der Waals surface area contributed by atoms with Crippen LogP contribution in [0, 0.1) is 0 Å². The van der Waals surface area contributed by atoms with E-state index in [9.17, 15) is 9.59 Å². The molecule has 0 aliphatic carbocycles. The highest BCUT2D eigenvalue weighted by atomic mass is 79.9. The van der Waals surface area contributed by atoms with Crippen molar-refractivity contribution in [2.24, 2.45) is 0 Å². The molecule has 194 valence electrons. The van der Waals surface area contributed by atoms with Gasteiger partial charge in [0.1, 0.15) is 12.1 Å². The standard InChI is InChI=1S/C29H38BrN3O3/c1-29(2,3)36-28(35)31(4)20-27(34)32-18-15-21(16-19-32)24-8-5-6-9-25(24)26-10-7-17-33(26)23-13-11-22(30)12-14-23/h5-6,8-9,11-14,21,26H,7,10,15-20H2,1-4H3/t26-/m1/s1. The highest BCUT2D eigenvalue weighted by molar-refractivity contribution is 9.10. The van der Waals surface area contributed by atoms with E-state index >= 15 is 0 Å². The molecule has 2 heterocycles. The molecule has 0 bridgehead atoms. The Labute approximate surface area is 223 Å². The number of ether oxygens (including phenoxy) is 1. The molecule has 0 saturated carbocycles. The number of rotatable bonds is 5. The summed E-state index contributed by atoms with van der Waals surface area (Å²) >= 11 is 3.55. The minimum Gasteiger partial charge on any atom is -0.444 e. The van der Waals surface area contributed by atoms with Gasteiger partial charge in [0.25, 0.3) is 0 Å². The van der Waals surface area contributed by atoms with Gasteiger partial charge >= 0.3 is 6.09 Å². The number of benzene rings is 2. The summed E-state index contributed by atoms with van der Waals surface area (Å²) in [6.45, 7) is 8.01. The molecule has 36 heavy (non-hydrogen) atoms. The maximum atomic E-state index is 12.9. The summed E-state index contributed by atoms with van der Waals surface area (Å²) in [4.78, 5) is 30.9. The number of nitrogens with zero attached hydrogens (tertiary/aromatic N) is 3. The van der Waals surface area contributed by atoms with Gasteiger partial charge in [-0.2, -0.15) is 0 Å². The lowest BCUT2D eigenvalue weighted by atomic mass is 9.84. The maximum Gasteiger partial charge on any atom is 0.410 e. The van der Waals surface area contributed by atoms with E-state index in [1.165, 1.54) is 28.1 Å². The first-order chi connectivity index (χ1) is 17.1. The number of halogens is 1. The average Bonchev–Trinajstić information content (AvgIpc) is 3.33. The van der Waals surface area contributed by atoms with E-state index in [1.807, 2.05) is 25.7 Å². The van der Waals surface area contributed by atoms with E-state index in [0.717, 1.165) is 30.3 Å². The predicted molar refractivity (Wildman–Crippen MR) is 147 cm³/mol. The summed E-state index contributed by atoms with van der Waals surface area (Å²) in [7, 11) is 1.62. The van der Waals surface area contributed by atoms with Crippen molar-refractivity contribution in [3.8, 4) is 0 Å². The summed E-state index contributed by atoms with van der Waals surface area (Å²) in [5.41, 5.74) is 3.54. The van der Waals surface area contributed by atoms with Crippen LogP contribution in [0.25, 0.3) is 0 Å². The third-order valence-corrected chi connectivity index (χ3v) is 7.66. The summed E-state index contributed by atoms with van der Waals surface area (Å²) in [5, 5.41) is 0. The van der Waals surface area contributed by atoms with Gasteiger partial charge in [-0.25, -0.2) is 4.79 Å². The van der Waals surface area contributed by atoms with Crippen molar-refractivity contribution in [2.45, 2.75) is 64.0 Å². The first-order valence-corrected chi connectivity index (χ1v) is 13.7. The first kappa shape index (κ1) is 26.5. The molecule has 0 radical (unpaired) electrons. The number of likely N-dealkylation sites (N-methyl/N-ethyl adjacent to an activating group) is 1. The topological polar surface area (TPSA) is 53.1 Å². The molecule has 2 saturated heterocycles. The lowest BCUT2D eigenvalue weighted by Crippen LogP contribution is -2.45. The van der Waals surface area contributed by atoms with Crippen molar-refractivity contribution in [3.05, 3.63) is 64.1 Å². The van der Waals surface area contributed by atoms with E-state index in [4.69, 9.17) is 4.74 Å². The number of likely N-dealkylation sites (tertiary alicyclic amines) is 1. The van der Waals surface area contributed by atoms with Crippen LogP contribution in [0.2, 0.25) is 0 Å². The second-order valence-corrected chi connectivity index (χ2v) is 11.9. The van der Waals surface area contributed by atoms with Crippen LogP contribution in [0.15, 0.2) is 53.0 Å². The molecule has 0 aromatic heterocycles. The van der Waals surface area contributed by atoms with E-state index in [-0.39, 0.29) is 12.5 Å². The van der Waals surface area contributed by atoms with E-state index in [1.54, 1.807) is 7.05 Å². The molecule has 2 aliphatic heterocycles. The van der Waals surface area contributed by atoms with E-state index < -0.39 is 11.7 Å². The van der Waals surface area contributed by atoms with Crippen LogP contribution in [0.3, 0.4) is 0 Å². The van der Waals surface area contributed by atoms with Crippen LogP contribution < -0.4 is 4.90 Å². The quantitative estimate of drug-likeness (QED) is 0.430. The monoisotopic (exact) mass is 555 g/mol. The van der Waals surface area contributed by atoms with Crippen LogP contribution in [-0.2, 0) is 9.53 Å². The van der Waals surface area contributed by atoms with Crippen molar-refractivity contribution in [2.75, 3.05) is 38.1 Å². The second kappa shape index (κ2) is 11.2. The molecule has 1 atom stereocenters. The molecule has 2 fully saturated rings. The molecule has 2 aliphatic rings. The fourth-order valence-corrected chi connectivity index (χ4v) is 5.63. The van der Waals surface area contributed by atoms with Crippen molar-refractivity contribution in [1.82, 2.24) is 9.80 Å². The van der Waals surface area contributed by atoms with Crippen molar-refractivity contribution in [3.63, 3.8) is 0 Å². The van der Waals surface area contributed by atoms with Crippen LogP contribution >= 0.6 is 15.9 Å². The van der Waals surface area contributed by atoms with E-state index in [0.29, 0.717) is 25.0 Å². The van der Waals surface area contributed by atoms with Gasteiger partial charge in [-0.05, 0) is 87.8 Å². The zero-order valence-corrected chi connectivity index (χ0v) is 23.5. The first-order valence-electron chi connectivity index (χ1n) is 13.0. The highest BCUT2D eigenvalue weighted by Crippen LogP contribution is 2.41. The van der Waals surface area contributed by atoms with Gasteiger partial charge in [0.05, 0.1) is 6.04 Å². The Morgan fingerprint density at radius 2 is 1.61 bits per heavy atom. The average molecular weight is 557 g/mol. The summed E-state index contributed by atoms with van der Waals surface area (Å²) in [6, 6.07) is 17.9. The van der Waals surface area contributed by atoms with Crippen LogP contribution in [0.4, 0.5) is 10.5 Å². The summed E-state index contributed by atoms with van der Waals surface area (Å²) in [5.74, 6) is 0.411. The molecule has 2 aromatic rings. The van der Waals surface area contributed by atoms with E-state index in [2.05, 4.69) is 69.4 Å². The SMILES string of the molecule is CN(CC(=O)N1CCC(c2ccccc2[C@H]2CCCN2c2ccc(Br)cc2)CC1)C(=O)OC(C)(C)C. The predicted octanol–water partition coefficient (Wildman–Crippen LogP) is 6.36. The molecule has 0 N–H and O–H groups in total. The van der Waals surface area contributed by atoms with Gasteiger partial charge in [-0.3, -0.25) is 4.79 Å². The Balaban J connectivity index is 1.40. The van der Waals surface area contributed by atoms with Gasteiger partial charge in [0, 0.05) is 36.8 Å². The molecular weight excluding hydrogens is 518 g/mol. The molecule has 0 unspecified atom stereocenters. The van der Waals surface area contributed by atoms with Gasteiger partial charge in [0.2, 0.25) is 5.91 Å². The number of hydrogen-bond donors (Lipinski definition) is 0. The number of piperidine rings is 1. The molecular formula is C29H38BrN3O3. The van der Waals surface area contributed by atoms with Crippen LogP contribution in [0.1, 0.15) is 69.5 Å². The Hall–Kier alpha value is -2.54. The number of amides is 2. The minimum absolute atomic E-state index is 0.0210. The Morgan fingerprint density at radius 3 is 2.25 bits per heavy atom. The van der Waals surface area contributed by atoms with Crippen molar-refractivity contribution in [1.29, 1.82) is 0 Å². The molecule has 2 amide bonds. The molecule has 2 aromatic carbocycles. The summed E-state index contributed by atoms with van der Waals surface area (Å²) < 4.78 is 6.48. The Kier molecular flexibility index (Phi) is 8.28. The largest absolute Gasteiger partial charge is 0.444 e. The smallest absolute Gasteiger partial charge is 0.410 e. The van der Waals surface area contributed by atoms with Gasteiger partial charge in [-0.15, -0.1) is 0 Å². The van der Waals surface area contributed by atoms with Crippen LogP contribution in [-0.4, -0.2) is 60.6 Å². The Morgan fingerprint density at radius 1 is 0.972 bits per heavy atom. The Bertz CT molecular complexity index is 1060. The van der Waals surface area contributed by atoms with Crippen molar-refractivity contribution < 1.29 is 14.3 Å². The fraction of sp³-hybridized carbons (Fsp3) is 0.517. The molecule has 6 nitrogen and oxygen atoms in total.